The van der Waals surface area contributed by atoms with E-state index in [4.69, 9.17) is 0 Å². The van der Waals surface area contributed by atoms with Crippen molar-refractivity contribution in [1.82, 2.24) is 10.3 Å². The largest absolute Gasteiger partial charge is 0.347 e. The third-order valence-corrected chi connectivity index (χ3v) is 3.27. The first-order chi connectivity index (χ1) is 9.19. The molecule has 2 rings (SSSR count). The van der Waals surface area contributed by atoms with Gasteiger partial charge in [-0.25, -0.2) is 4.98 Å². The first kappa shape index (κ1) is 13.7. The lowest BCUT2D eigenvalue weighted by Crippen LogP contribution is -2.23. The molecule has 0 atom stereocenters. The van der Waals surface area contributed by atoms with Crippen LogP contribution in [0.3, 0.4) is 0 Å². The predicted molar refractivity (Wildman–Crippen MR) is 78.9 cm³/mol. The van der Waals surface area contributed by atoms with Gasteiger partial charge in [-0.15, -0.1) is 0 Å². The number of halogens is 1. The van der Waals surface area contributed by atoms with E-state index in [9.17, 15) is 4.79 Å². The van der Waals surface area contributed by atoms with Gasteiger partial charge in [0.1, 0.15) is 10.3 Å². The summed E-state index contributed by atoms with van der Waals surface area (Å²) in [6.45, 7) is 2.63. The Morgan fingerprint density at radius 2 is 1.84 bits per heavy atom. The number of hydrogen-bond acceptors (Lipinski definition) is 2. The molecule has 1 N–H and O–H groups in total. The van der Waals surface area contributed by atoms with Crippen molar-refractivity contribution in [1.29, 1.82) is 0 Å². The summed E-state index contributed by atoms with van der Waals surface area (Å²) in [5.74, 6) is -0.166. The second-order valence-electron chi connectivity index (χ2n) is 4.20. The molecule has 0 unspecified atom stereocenters. The van der Waals surface area contributed by atoms with Crippen molar-refractivity contribution in [3.63, 3.8) is 0 Å². The molecule has 0 aliphatic carbocycles. The highest BCUT2D eigenvalue weighted by molar-refractivity contribution is 9.10. The molecule has 1 amide bonds. The molecule has 0 radical (unpaired) electrons. The highest BCUT2D eigenvalue weighted by Crippen LogP contribution is 2.07. The van der Waals surface area contributed by atoms with Gasteiger partial charge in [0.05, 0.1) is 0 Å². The first-order valence-corrected chi connectivity index (χ1v) is 6.97. The third kappa shape index (κ3) is 3.89. The van der Waals surface area contributed by atoms with E-state index in [1.54, 1.807) is 18.2 Å². The summed E-state index contributed by atoms with van der Waals surface area (Å²) >= 11 is 3.25. The number of benzene rings is 1. The Bertz CT molecular complexity index is 567. The van der Waals surface area contributed by atoms with Gasteiger partial charge >= 0.3 is 0 Å². The van der Waals surface area contributed by atoms with E-state index in [2.05, 4.69) is 45.3 Å². The number of aromatic nitrogens is 1. The summed E-state index contributed by atoms with van der Waals surface area (Å²) in [6, 6.07) is 13.5. The van der Waals surface area contributed by atoms with Crippen LogP contribution in [0.15, 0.2) is 47.1 Å². The SMILES string of the molecule is CCc1ccc(CNC(=O)c2cccc(Br)n2)cc1. The van der Waals surface area contributed by atoms with E-state index in [-0.39, 0.29) is 5.91 Å². The summed E-state index contributed by atoms with van der Waals surface area (Å²) in [7, 11) is 0. The second kappa shape index (κ2) is 6.48. The fourth-order valence-corrected chi connectivity index (χ4v) is 2.04. The fraction of sp³-hybridized carbons (Fsp3) is 0.200. The Morgan fingerprint density at radius 1 is 1.16 bits per heavy atom. The van der Waals surface area contributed by atoms with Crippen LogP contribution in [0.2, 0.25) is 0 Å². The van der Waals surface area contributed by atoms with Crippen LogP contribution >= 0.6 is 15.9 Å². The average Bonchev–Trinajstić information content (AvgIpc) is 2.45. The molecule has 0 saturated carbocycles. The van der Waals surface area contributed by atoms with Gasteiger partial charge in [0.15, 0.2) is 0 Å². The van der Waals surface area contributed by atoms with Crippen LogP contribution in [0.1, 0.15) is 28.5 Å². The zero-order chi connectivity index (χ0) is 13.7. The number of aryl methyl sites for hydroxylation is 1. The summed E-state index contributed by atoms with van der Waals surface area (Å²) in [4.78, 5) is 16.0. The topological polar surface area (TPSA) is 42.0 Å². The van der Waals surface area contributed by atoms with Crippen LogP contribution in [0.4, 0.5) is 0 Å². The minimum atomic E-state index is -0.166. The van der Waals surface area contributed by atoms with E-state index < -0.39 is 0 Å². The van der Waals surface area contributed by atoms with Crippen molar-refractivity contribution in [2.75, 3.05) is 0 Å². The minimum absolute atomic E-state index is 0.166. The number of pyridine rings is 1. The summed E-state index contributed by atoms with van der Waals surface area (Å²) < 4.78 is 0.660. The molecule has 0 fully saturated rings. The van der Waals surface area contributed by atoms with Crippen LogP contribution in [0.25, 0.3) is 0 Å². The standard InChI is InChI=1S/C15H15BrN2O/c1-2-11-6-8-12(9-7-11)10-17-15(19)13-4-3-5-14(16)18-13/h3-9H,2,10H2,1H3,(H,17,19). The van der Waals surface area contributed by atoms with Crippen molar-refractivity contribution < 1.29 is 4.79 Å². The van der Waals surface area contributed by atoms with Crippen LogP contribution in [-0.4, -0.2) is 10.9 Å². The smallest absolute Gasteiger partial charge is 0.270 e. The molecule has 0 aliphatic rings. The summed E-state index contributed by atoms with van der Waals surface area (Å²) in [6.07, 6.45) is 1.02. The second-order valence-corrected chi connectivity index (χ2v) is 5.01. The Balaban J connectivity index is 1.96. The minimum Gasteiger partial charge on any atom is -0.347 e. The van der Waals surface area contributed by atoms with E-state index in [1.165, 1.54) is 5.56 Å². The van der Waals surface area contributed by atoms with E-state index >= 15 is 0 Å². The third-order valence-electron chi connectivity index (χ3n) is 2.83. The quantitative estimate of drug-likeness (QED) is 0.878. The number of nitrogens with one attached hydrogen (secondary N) is 1. The number of carbonyl (C=O) groups is 1. The number of rotatable bonds is 4. The molecule has 98 valence electrons. The highest BCUT2D eigenvalue weighted by Gasteiger charge is 2.06. The van der Waals surface area contributed by atoms with Crippen molar-refractivity contribution >= 4 is 21.8 Å². The van der Waals surface area contributed by atoms with Crippen LogP contribution in [-0.2, 0) is 13.0 Å². The summed E-state index contributed by atoms with van der Waals surface area (Å²) in [5.41, 5.74) is 2.80. The Hall–Kier alpha value is -1.68. The lowest BCUT2D eigenvalue weighted by atomic mass is 10.1. The normalized spacial score (nSPS) is 10.2. The van der Waals surface area contributed by atoms with Gasteiger partial charge in [-0.1, -0.05) is 37.3 Å². The number of amides is 1. The molecule has 3 nitrogen and oxygen atoms in total. The van der Waals surface area contributed by atoms with E-state index in [0.29, 0.717) is 16.8 Å². The molecule has 0 saturated heterocycles. The van der Waals surface area contributed by atoms with Crippen LogP contribution in [0, 0.1) is 0 Å². The maximum Gasteiger partial charge on any atom is 0.270 e. The Labute approximate surface area is 121 Å². The first-order valence-electron chi connectivity index (χ1n) is 6.17. The Kier molecular flexibility index (Phi) is 4.68. The highest BCUT2D eigenvalue weighted by atomic mass is 79.9. The maximum absolute atomic E-state index is 11.9. The monoisotopic (exact) mass is 318 g/mol. The average molecular weight is 319 g/mol. The van der Waals surface area contributed by atoms with Gasteiger partial charge in [-0.3, -0.25) is 4.79 Å². The maximum atomic E-state index is 11.9. The van der Waals surface area contributed by atoms with Crippen LogP contribution in [0.5, 0.6) is 0 Å². The lowest BCUT2D eigenvalue weighted by molar-refractivity contribution is 0.0946. The molecule has 4 heteroatoms. The molecule has 0 aliphatic heterocycles. The summed E-state index contributed by atoms with van der Waals surface area (Å²) in [5, 5.41) is 2.86. The van der Waals surface area contributed by atoms with Gasteiger partial charge < -0.3 is 5.32 Å². The number of hydrogen-bond donors (Lipinski definition) is 1. The zero-order valence-corrected chi connectivity index (χ0v) is 12.3. The van der Waals surface area contributed by atoms with Gasteiger partial charge in [-0.2, -0.15) is 0 Å². The number of carbonyl (C=O) groups excluding carboxylic acids is 1. The lowest BCUT2D eigenvalue weighted by Gasteiger charge is -2.06. The van der Waals surface area contributed by atoms with Crippen LogP contribution < -0.4 is 5.32 Å². The van der Waals surface area contributed by atoms with Crippen molar-refractivity contribution in [3.05, 3.63) is 63.9 Å². The van der Waals surface area contributed by atoms with Gasteiger partial charge in [0.2, 0.25) is 0 Å². The van der Waals surface area contributed by atoms with E-state index in [0.717, 1.165) is 12.0 Å². The molecule has 2 aromatic rings. The van der Waals surface area contributed by atoms with Gasteiger partial charge in [0, 0.05) is 6.54 Å². The predicted octanol–water partition coefficient (Wildman–Crippen LogP) is 3.34. The van der Waals surface area contributed by atoms with Gasteiger partial charge in [-0.05, 0) is 45.6 Å². The van der Waals surface area contributed by atoms with Gasteiger partial charge in [0.25, 0.3) is 5.91 Å². The molecule has 1 aromatic carbocycles. The molecule has 1 heterocycles. The van der Waals surface area contributed by atoms with Crippen molar-refractivity contribution in [2.24, 2.45) is 0 Å². The van der Waals surface area contributed by atoms with Crippen molar-refractivity contribution in [3.8, 4) is 0 Å². The molecule has 19 heavy (non-hydrogen) atoms. The fourth-order valence-electron chi connectivity index (χ4n) is 1.70. The molecule has 1 aromatic heterocycles. The Morgan fingerprint density at radius 3 is 2.47 bits per heavy atom. The molecule has 0 bridgehead atoms. The number of nitrogens with zero attached hydrogens (tertiary/aromatic N) is 1. The molecule has 0 spiro atoms. The zero-order valence-electron chi connectivity index (χ0n) is 10.7. The molecular weight excluding hydrogens is 304 g/mol. The molecular formula is C15H15BrN2O. The van der Waals surface area contributed by atoms with Crippen molar-refractivity contribution in [2.45, 2.75) is 19.9 Å². The van der Waals surface area contributed by atoms with E-state index in [1.807, 2.05) is 12.1 Å².